The van der Waals surface area contributed by atoms with Crippen molar-refractivity contribution in [1.29, 1.82) is 0 Å². The molecule has 2 aromatic heterocycles. The molecule has 1 fully saturated rings. The molecule has 3 heterocycles. The van der Waals surface area contributed by atoms with E-state index in [0.29, 0.717) is 49.2 Å². The Morgan fingerprint density at radius 2 is 1.69 bits per heavy atom. The molecule has 1 aliphatic carbocycles. The van der Waals surface area contributed by atoms with Crippen molar-refractivity contribution in [2.24, 2.45) is 0 Å². The van der Waals surface area contributed by atoms with Crippen LogP contribution >= 0.6 is 0 Å². The summed E-state index contributed by atoms with van der Waals surface area (Å²) in [5, 5.41) is 3.47. The van der Waals surface area contributed by atoms with Gasteiger partial charge in [0, 0.05) is 13.1 Å². The van der Waals surface area contributed by atoms with Crippen LogP contribution in [0.1, 0.15) is 42.3 Å². The third-order valence-electron chi connectivity index (χ3n) is 6.56. The second-order valence-corrected chi connectivity index (χ2v) is 8.74. The lowest BCUT2D eigenvalue weighted by molar-refractivity contribution is 0.122. The van der Waals surface area contributed by atoms with E-state index in [1.807, 2.05) is 11.0 Å². The van der Waals surface area contributed by atoms with Crippen molar-refractivity contribution in [3.8, 4) is 5.95 Å². The van der Waals surface area contributed by atoms with E-state index in [-0.39, 0.29) is 17.8 Å². The predicted molar refractivity (Wildman–Crippen MR) is 128 cm³/mol. The molecule has 0 bridgehead atoms. The van der Waals surface area contributed by atoms with E-state index >= 15 is 0 Å². The van der Waals surface area contributed by atoms with Gasteiger partial charge in [0.25, 0.3) is 6.43 Å². The van der Waals surface area contributed by atoms with Crippen LogP contribution in [0, 0.1) is 0 Å². The number of hydrogen-bond acceptors (Lipinski definition) is 7. The Labute approximate surface area is 201 Å². The molecule has 1 saturated heterocycles. The van der Waals surface area contributed by atoms with Crippen LogP contribution in [-0.2, 0) is 11.2 Å². The molecule has 6 rings (SSSR count). The van der Waals surface area contributed by atoms with E-state index in [0.717, 1.165) is 19.3 Å². The van der Waals surface area contributed by atoms with Gasteiger partial charge in [-0.25, -0.2) is 13.8 Å². The van der Waals surface area contributed by atoms with Crippen molar-refractivity contribution < 1.29 is 13.5 Å². The number of nitrogens with one attached hydrogen (secondary N) is 1. The summed E-state index contributed by atoms with van der Waals surface area (Å²) in [5.41, 5.74) is 3.51. The van der Waals surface area contributed by atoms with Gasteiger partial charge in [-0.05, 0) is 42.5 Å². The second kappa shape index (κ2) is 9.18. The summed E-state index contributed by atoms with van der Waals surface area (Å²) in [4.78, 5) is 20.1. The van der Waals surface area contributed by atoms with E-state index in [1.165, 1.54) is 15.7 Å². The van der Waals surface area contributed by atoms with E-state index in [2.05, 4.69) is 38.5 Å². The number of anilines is 2. The molecule has 1 aliphatic heterocycles. The van der Waals surface area contributed by atoms with Gasteiger partial charge in [-0.2, -0.15) is 15.0 Å². The summed E-state index contributed by atoms with van der Waals surface area (Å²) in [6.45, 7) is 2.33. The van der Waals surface area contributed by atoms with Crippen LogP contribution in [0.5, 0.6) is 0 Å². The smallest absolute Gasteiger partial charge is 0.296 e. The first-order valence-electron chi connectivity index (χ1n) is 11.9. The second-order valence-electron chi connectivity index (χ2n) is 8.74. The zero-order chi connectivity index (χ0) is 23.8. The lowest BCUT2D eigenvalue weighted by Crippen LogP contribution is -2.37. The molecule has 8 nitrogen and oxygen atoms in total. The average Bonchev–Trinajstić information content (AvgIpc) is 3.30. The molecule has 0 radical (unpaired) electrons. The quantitative estimate of drug-likeness (QED) is 0.454. The summed E-state index contributed by atoms with van der Waals surface area (Å²) in [6.07, 6.45) is 0.230. The molecule has 0 saturated carbocycles. The Balaban J connectivity index is 1.47. The first-order valence-corrected chi connectivity index (χ1v) is 11.9. The number of halogens is 2. The molecule has 1 atom stereocenters. The average molecular weight is 478 g/mol. The van der Waals surface area contributed by atoms with E-state index < -0.39 is 6.43 Å². The standard InChI is InChI=1S/C25H25F2N7O/c26-21(27)22-28-19-9-3-4-11-20(19)34(22)25-31-23(30-24(32-25)33-12-14-35-15-13-33)29-18-10-5-7-16-6-1-2-8-17(16)18/h1-4,6,8-9,11,18,21H,5,7,10,12-15H2,(H,29,30,31,32)/t18-/m0/s1. The van der Waals surface area contributed by atoms with Crippen molar-refractivity contribution in [1.82, 2.24) is 24.5 Å². The van der Waals surface area contributed by atoms with Crippen LogP contribution in [0.25, 0.3) is 17.0 Å². The van der Waals surface area contributed by atoms with Gasteiger partial charge >= 0.3 is 0 Å². The number of morpholine rings is 1. The Morgan fingerprint density at radius 3 is 2.54 bits per heavy atom. The number of rotatable bonds is 5. The molecular weight excluding hydrogens is 452 g/mol. The fourth-order valence-corrected chi connectivity index (χ4v) is 4.88. The van der Waals surface area contributed by atoms with E-state index in [4.69, 9.17) is 9.72 Å². The molecule has 2 aromatic carbocycles. The molecule has 10 heteroatoms. The Hall–Kier alpha value is -3.66. The number of benzene rings is 2. The normalized spacial score (nSPS) is 18.1. The first kappa shape index (κ1) is 21.8. The number of para-hydroxylation sites is 2. The van der Waals surface area contributed by atoms with Crippen molar-refractivity contribution in [3.05, 3.63) is 65.5 Å². The van der Waals surface area contributed by atoms with Crippen LogP contribution < -0.4 is 10.2 Å². The maximum absolute atomic E-state index is 14.0. The summed E-state index contributed by atoms with van der Waals surface area (Å²) in [7, 11) is 0. The number of fused-ring (bicyclic) bond motifs is 2. The minimum Gasteiger partial charge on any atom is -0.378 e. The van der Waals surface area contributed by atoms with Gasteiger partial charge in [0.15, 0.2) is 5.82 Å². The fraction of sp³-hybridized carbons (Fsp3) is 0.360. The fourth-order valence-electron chi connectivity index (χ4n) is 4.88. The molecule has 0 unspecified atom stereocenters. The maximum atomic E-state index is 14.0. The Bertz CT molecular complexity index is 1350. The molecule has 4 aromatic rings. The van der Waals surface area contributed by atoms with Gasteiger partial charge in [-0.3, -0.25) is 4.57 Å². The molecule has 0 spiro atoms. The lowest BCUT2D eigenvalue weighted by atomic mass is 9.88. The zero-order valence-corrected chi connectivity index (χ0v) is 19.1. The highest BCUT2D eigenvalue weighted by molar-refractivity contribution is 5.77. The van der Waals surface area contributed by atoms with Gasteiger partial charge in [0.05, 0.1) is 30.3 Å². The summed E-state index contributed by atoms with van der Waals surface area (Å²) < 4.78 is 34.9. The monoisotopic (exact) mass is 477 g/mol. The molecular formula is C25H25F2N7O. The summed E-state index contributed by atoms with van der Waals surface area (Å²) in [5.74, 6) is 0.524. The van der Waals surface area contributed by atoms with Crippen LogP contribution in [0.15, 0.2) is 48.5 Å². The van der Waals surface area contributed by atoms with Crippen molar-refractivity contribution >= 4 is 22.9 Å². The minimum atomic E-state index is -2.78. The molecule has 2 aliphatic rings. The molecule has 35 heavy (non-hydrogen) atoms. The largest absolute Gasteiger partial charge is 0.378 e. The van der Waals surface area contributed by atoms with Crippen molar-refractivity contribution in [2.45, 2.75) is 31.7 Å². The third-order valence-corrected chi connectivity index (χ3v) is 6.56. The number of aromatic nitrogens is 5. The number of nitrogens with zero attached hydrogens (tertiary/aromatic N) is 6. The van der Waals surface area contributed by atoms with Crippen molar-refractivity contribution in [2.75, 3.05) is 36.5 Å². The van der Waals surface area contributed by atoms with Gasteiger partial charge in [0.1, 0.15) is 0 Å². The Morgan fingerprint density at radius 1 is 0.914 bits per heavy atom. The van der Waals surface area contributed by atoms with Crippen LogP contribution in [-0.4, -0.2) is 50.8 Å². The Kier molecular flexibility index (Phi) is 5.73. The minimum absolute atomic E-state index is 0.0295. The number of ether oxygens (including phenoxy) is 1. The van der Waals surface area contributed by atoms with Crippen LogP contribution in [0.2, 0.25) is 0 Å². The van der Waals surface area contributed by atoms with E-state index in [1.54, 1.807) is 24.3 Å². The number of aryl methyl sites for hydroxylation is 1. The highest BCUT2D eigenvalue weighted by atomic mass is 19.3. The third kappa shape index (κ3) is 4.18. The van der Waals surface area contributed by atoms with Crippen LogP contribution in [0.4, 0.5) is 20.7 Å². The topological polar surface area (TPSA) is 81.0 Å². The number of imidazole rings is 1. The molecule has 0 amide bonds. The summed E-state index contributed by atoms with van der Waals surface area (Å²) in [6, 6.07) is 15.4. The number of alkyl halides is 2. The van der Waals surface area contributed by atoms with Crippen molar-refractivity contribution in [3.63, 3.8) is 0 Å². The molecule has 180 valence electrons. The van der Waals surface area contributed by atoms with Gasteiger partial charge < -0.3 is 15.0 Å². The first-order chi connectivity index (χ1) is 17.2. The van der Waals surface area contributed by atoms with Gasteiger partial charge in [-0.15, -0.1) is 0 Å². The highest BCUT2D eigenvalue weighted by Crippen LogP contribution is 2.33. The van der Waals surface area contributed by atoms with Gasteiger partial charge in [0.2, 0.25) is 17.8 Å². The lowest BCUT2D eigenvalue weighted by Gasteiger charge is -2.29. The van der Waals surface area contributed by atoms with Gasteiger partial charge in [-0.1, -0.05) is 36.4 Å². The predicted octanol–water partition coefficient (Wildman–Crippen LogP) is 4.47. The number of hydrogen-bond donors (Lipinski definition) is 1. The molecule has 1 N–H and O–H groups in total. The summed E-state index contributed by atoms with van der Waals surface area (Å²) >= 11 is 0. The zero-order valence-electron chi connectivity index (χ0n) is 19.1. The SMILES string of the molecule is FC(F)c1nc2ccccc2n1-c1nc(N[C@H]2CCCc3ccccc32)nc(N2CCOCC2)n1. The highest BCUT2D eigenvalue weighted by Gasteiger charge is 2.26. The maximum Gasteiger partial charge on any atom is 0.296 e. The van der Waals surface area contributed by atoms with Crippen LogP contribution in [0.3, 0.4) is 0 Å². The van der Waals surface area contributed by atoms with E-state index in [9.17, 15) is 8.78 Å².